The van der Waals surface area contributed by atoms with Gasteiger partial charge in [0.15, 0.2) is 0 Å². The second kappa shape index (κ2) is 5.13. The van der Waals surface area contributed by atoms with Crippen LogP contribution in [0, 0.1) is 11.8 Å². The van der Waals surface area contributed by atoms with Crippen molar-refractivity contribution < 1.29 is 0 Å². The first-order valence-electron chi connectivity index (χ1n) is 8.22. The number of nitrogens with one attached hydrogen (secondary N) is 1. The Kier molecular flexibility index (Phi) is 3.68. The Hall–Kier alpha value is -0.0800. The lowest BCUT2D eigenvalue weighted by molar-refractivity contribution is 0.0265. The minimum atomic E-state index is 0.537. The van der Waals surface area contributed by atoms with Crippen LogP contribution in [0.4, 0.5) is 0 Å². The standard InChI is InChI=1S/C16H30N2/c1-3-13(2)10-18-11-15(14-6-7-14)17-12-16(18)8-4-5-9-16/h13-15,17H,3-12H2,1-2H3. The molecule has 2 unspecified atom stereocenters. The van der Waals surface area contributed by atoms with Crippen molar-refractivity contribution in [3.8, 4) is 0 Å². The van der Waals surface area contributed by atoms with E-state index in [2.05, 4.69) is 24.1 Å². The number of nitrogens with zero attached hydrogens (tertiary/aromatic N) is 1. The van der Waals surface area contributed by atoms with E-state index in [0.29, 0.717) is 5.54 Å². The Morgan fingerprint density at radius 2 is 2.00 bits per heavy atom. The van der Waals surface area contributed by atoms with Crippen LogP contribution in [0.5, 0.6) is 0 Å². The van der Waals surface area contributed by atoms with Gasteiger partial charge in [0.05, 0.1) is 0 Å². The van der Waals surface area contributed by atoms with Crippen molar-refractivity contribution in [2.75, 3.05) is 19.6 Å². The lowest BCUT2D eigenvalue weighted by Crippen LogP contribution is -2.64. The molecule has 3 fully saturated rings. The maximum absolute atomic E-state index is 3.89. The van der Waals surface area contributed by atoms with E-state index in [1.807, 2.05) is 0 Å². The predicted octanol–water partition coefficient (Wildman–Crippen LogP) is 3.03. The van der Waals surface area contributed by atoms with E-state index in [4.69, 9.17) is 0 Å². The van der Waals surface area contributed by atoms with Crippen molar-refractivity contribution in [1.29, 1.82) is 0 Å². The highest BCUT2D eigenvalue weighted by atomic mass is 15.3. The molecule has 1 aliphatic heterocycles. The fraction of sp³-hybridized carbons (Fsp3) is 1.00. The van der Waals surface area contributed by atoms with Gasteiger partial charge in [-0.1, -0.05) is 33.1 Å². The number of piperazine rings is 1. The van der Waals surface area contributed by atoms with Crippen LogP contribution in [-0.4, -0.2) is 36.1 Å². The summed E-state index contributed by atoms with van der Waals surface area (Å²) in [6.07, 6.45) is 10.1. The van der Waals surface area contributed by atoms with Gasteiger partial charge in [-0.05, 0) is 37.5 Å². The monoisotopic (exact) mass is 250 g/mol. The zero-order valence-corrected chi connectivity index (χ0v) is 12.3. The van der Waals surface area contributed by atoms with Crippen LogP contribution in [0.25, 0.3) is 0 Å². The van der Waals surface area contributed by atoms with Crippen LogP contribution >= 0.6 is 0 Å². The van der Waals surface area contributed by atoms with Gasteiger partial charge in [0.25, 0.3) is 0 Å². The highest BCUT2D eigenvalue weighted by Gasteiger charge is 2.46. The van der Waals surface area contributed by atoms with E-state index in [9.17, 15) is 0 Å². The quantitative estimate of drug-likeness (QED) is 0.825. The zero-order chi connectivity index (χ0) is 12.6. The number of rotatable bonds is 4. The molecule has 1 N–H and O–H groups in total. The molecule has 2 nitrogen and oxygen atoms in total. The summed E-state index contributed by atoms with van der Waals surface area (Å²) in [5, 5.41) is 3.89. The summed E-state index contributed by atoms with van der Waals surface area (Å²) in [5.74, 6) is 1.86. The average Bonchev–Trinajstić information content (AvgIpc) is 3.13. The molecule has 0 amide bonds. The van der Waals surface area contributed by atoms with Crippen LogP contribution in [0.15, 0.2) is 0 Å². The second-order valence-electron chi connectivity index (χ2n) is 7.17. The van der Waals surface area contributed by atoms with E-state index in [0.717, 1.165) is 17.9 Å². The lowest BCUT2D eigenvalue weighted by Gasteiger charge is -2.49. The van der Waals surface area contributed by atoms with Crippen LogP contribution in [0.3, 0.4) is 0 Å². The number of hydrogen-bond donors (Lipinski definition) is 1. The highest BCUT2D eigenvalue weighted by Crippen LogP contribution is 2.41. The molecule has 1 saturated heterocycles. The van der Waals surface area contributed by atoms with E-state index >= 15 is 0 Å². The topological polar surface area (TPSA) is 15.3 Å². The summed E-state index contributed by atoms with van der Waals surface area (Å²) in [6, 6.07) is 0.806. The van der Waals surface area contributed by atoms with Gasteiger partial charge in [0, 0.05) is 31.2 Å². The largest absolute Gasteiger partial charge is 0.311 e. The normalized spacial score (nSPS) is 34.0. The summed E-state index contributed by atoms with van der Waals surface area (Å²) in [5.41, 5.74) is 0.537. The van der Waals surface area contributed by atoms with Gasteiger partial charge >= 0.3 is 0 Å². The van der Waals surface area contributed by atoms with Crippen LogP contribution in [0.2, 0.25) is 0 Å². The summed E-state index contributed by atoms with van der Waals surface area (Å²) in [7, 11) is 0. The molecule has 0 radical (unpaired) electrons. The zero-order valence-electron chi connectivity index (χ0n) is 12.3. The molecular formula is C16H30N2. The molecule has 1 spiro atoms. The van der Waals surface area contributed by atoms with Crippen molar-refractivity contribution in [2.45, 2.75) is 70.4 Å². The van der Waals surface area contributed by atoms with Gasteiger partial charge in [-0.2, -0.15) is 0 Å². The van der Waals surface area contributed by atoms with E-state index in [1.54, 1.807) is 0 Å². The molecule has 0 aromatic rings. The van der Waals surface area contributed by atoms with Gasteiger partial charge in [0.1, 0.15) is 0 Å². The van der Waals surface area contributed by atoms with E-state index < -0.39 is 0 Å². The van der Waals surface area contributed by atoms with E-state index in [-0.39, 0.29) is 0 Å². The Balaban J connectivity index is 1.68. The maximum Gasteiger partial charge on any atom is 0.0334 e. The molecule has 2 aliphatic carbocycles. The van der Waals surface area contributed by atoms with Crippen molar-refractivity contribution in [1.82, 2.24) is 10.2 Å². The van der Waals surface area contributed by atoms with Crippen molar-refractivity contribution in [2.24, 2.45) is 11.8 Å². The summed E-state index contributed by atoms with van der Waals surface area (Å²) >= 11 is 0. The molecule has 2 atom stereocenters. The summed E-state index contributed by atoms with van der Waals surface area (Å²) < 4.78 is 0. The Morgan fingerprint density at radius 3 is 2.61 bits per heavy atom. The highest BCUT2D eigenvalue weighted by molar-refractivity contribution is 5.04. The fourth-order valence-electron chi connectivity index (χ4n) is 4.04. The van der Waals surface area contributed by atoms with Crippen LogP contribution in [-0.2, 0) is 0 Å². The van der Waals surface area contributed by atoms with Gasteiger partial charge in [0.2, 0.25) is 0 Å². The first kappa shape index (κ1) is 12.9. The van der Waals surface area contributed by atoms with Gasteiger partial charge in [-0.25, -0.2) is 0 Å². The van der Waals surface area contributed by atoms with Gasteiger partial charge < -0.3 is 5.32 Å². The molecule has 0 aromatic heterocycles. The Labute approximate surface area is 113 Å². The fourth-order valence-corrected chi connectivity index (χ4v) is 4.04. The Morgan fingerprint density at radius 1 is 1.28 bits per heavy atom. The maximum atomic E-state index is 3.89. The minimum Gasteiger partial charge on any atom is -0.311 e. The second-order valence-corrected chi connectivity index (χ2v) is 7.17. The van der Waals surface area contributed by atoms with Gasteiger partial charge in [-0.15, -0.1) is 0 Å². The third-order valence-electron chi connectivity index (χ3n) is 5.74. The molecule has 1 heterocycles. The van der Waals surface area contributed by atoms with Crippen LogP contribution < -0.4 is 5.32 Å². The van der Waals surface area contributed by atoms with Gasteiger partial charge in [-0.3, -0.25) is 4.90 Å². The van der Waals surface area contributed by atoms with Crippen molar-refractivity contribution in [3.63, 3.8) is 0 Å². The van der Waals surface area contributed by atoms with E-state index in [1.165, 1.54) is 64.6 Å². The average molecular weight is 250 g/mol. The van der Waals surface area contributed by atoms with Crippen molar-refractivity contribution >= 4 is 0 Å². The third kappa shape index (κ3) is 2.46. The lowest BCUT2D eigenvalue weighted by atomic mass is 9.88. The molecule has 3 aliphatic rings. The third-order valence-corrected chi connectivity index (χ3v) is 5.74. The molecule has 2 saturated carbocycles. The molecule has 2 heteroatoms. The minimum absolute atomic E-state index is 0.537. The predicted molar refractivity (Wildman–Crippen MR) is 76.7 cm³/mol. The summed E-state index contributed by atoms with van der Waals surface area (Å²) in [6.45, 7) is 8.70. The molecule has 18 heavy (non-hydrogen) atoms. The first-order chi connectivity index (χ1) is 8.73. The first-order valence-corrected chi connectivity index (χ1v) is 8.22. The molecule has 0 aromatic carbocycles. The molecule has 3 rings (SSSR count). The van der Waals surface area contributed by atoms with Crippen molar-refractivity contribution in [3.05, 3.63) is 0 Å². The number of hydrogen-bond acceptors (Lipinski definition) is 2. The SMILES string of the molecule is CCC(C)CN1CC(C2CC2)NCC12CCCC2. The Bertz CT molecular complexity index is 279. The summed E-state index contributed by atoms with van der Waals surface area (Å²) in [4.78, 5) is 2.90. The molecule has 104 valence electrons. The van der Waals surface area contributed by atoms with Crippen LogP contribution in [0.1, 0.15) is 58.8 Å². The molecular weight excluding hydrogens is 220 g/mol. The smallest absolute Gasteiger partial charge is 0.0334 e. The molecule has 0 bridgehead atoms.